The van der Waals surface area contributed by atoms with Crippen molar-refractivity contribution < 1.29 is 14.7 Å². The molecule has 5 N–H and O–H groups in total. The summed E-state index contributed by atoms with van der Waals surface area (Å²) in [5.74, 6) is -0.931. The molecule has 11 aromatic rings. The lowest BCUT2D eigenvalue weighted by molar-refractivity contribution is 0.0816. The summed E-state index contributed by atoms with van der Waals surface area (Å²) in [6.07, 6.45) is 0. The highest BCUT2D eigenvalue weighted by molar-refractivity contribution is 9.10. The highest BCUT2D eigenvalue weighted by atomic mass is 79.9. The molecular formula is C62H52Br2N4O3. The Morgan fingerprint density at radius 1 is 0.465 bits per heavy atom. The predicted octanol–water partition coefficient (Wildman–Crippen LogP) is 15.9. The zero-order valence-corrected chi connectivity index (χ0v) is 43.3. The summed E-state index contributed by atoms with van der Waals surface area (Å²) < 4.78 is 1.95. The van der Waals surface area contributed by atoms with Gasteiger partial charge in [0.25, 0.3) is 0 Å². The Morgan fingerprint density at radius 2 is 0.845 bits per heavy atom. The monoisotopic (exact) mass is 1060 g/mol. The Kier molecular flexibility index (Phi) is 15.5. The molecule has 0 aliphatic carbocycles. The van der Waals surface area contributed by atoms with Gasteiger partial charge in [-0.05, 0) is 97.6 Å². The summed E-state index contributed by atoms with van der Waals surface area (Å²) in [5, 5.41) is 16.6. The minimum Gasteiger partial charge on any atom is -0.397 e. The number of ketones is 2. The number of nitrogens with zero attached hydrogens (tertiary/aromatic N) is 2. The molecule has 0 fully saturated rings. The van der Waals surface area contributed by atoms with Gasteiger partial charge in [-0.1, -0.05) is 195 Å². The van der Waals surface area contributed by atoms with Crippen LogP contribution in [0.15, 0.2) is 191 Å². The lowest BCUT2D eigenvalue weighted by Crippen LogP contribution is -2.15. The number of rotatable bonds is 5. The largest absolute Gasteiger partial charge is 0.397 e. The molecule has 1 heterocycles. The third-order valence-electron chi connectivity index (χ3n) is 12.3. The van der Waals surface area contributed by atoms with Crippen LogP contribution in [0.4, 0.5) is 11.4 Å². The molecular weight excluding hydrogens is 1010 g/mol. The number of fused-ring (bicyclic) bond motifs is 9. The van der Waals surface area contributed by atoms with Crippen molar-refractivity contribution in [3.63, 3.8) is 0 Å². The number of benzene rings is 10. The lowest BCUT2D eigenvalue weighted by Gasteiger charge is -2.16. The number of nitrogen functional groups attached to an aromatic ring is 2. The molecule has 1 aromatic heterocycles. The second-order valence-corrected chi connectivity index (χ2v) is 19.1. The van der Waals surface area contributed by atoms with Crippen LogP contribution in [0.2, 0.25) is 0 Å². The van der Waals surface area contributed by atoms with Gasteiger partial charge in [-0.3, -0.25) is 9.59 Å². The van der Waals surface area contributed by atoms with E-state index in [2.05, 4.69) is 149 Å². The number of carbonyl (C=O) groups is 2. The number of aliphatic hydroxyl groups excluding tert-OH is 1. The molecule has 0 aliphatic rings. The maximum atomic E-state index is 12.2. The number of aliphatic hydroxyl groups is 1. The van der Waals surface area contributed by atoms with E-state index in [1.165, 1.54) is 16.3 Å². The molecule has 11 rings (SSSR count). The van der Waals surface area contributed by atoms with Gasteiger partial charge >= 0.3 is 0 Å². The zero-order chi connectivity index (χ0) is 50.3. The molecule has 10 aromatic carbocycles. The number of nitrogens with two attached hydrogens (primary N) is 2. The molecule has 0 unspecified atom stereocenters. The number of aromatic nitrogens is 2. The average molecular weight is 1060 g/mol. The van der Waals surface area contributed by atoms with Crippen molar-refractivity contribution in [2.45, 2.75) is 34.6 Å². The molecule has 0 amide bonds. The van der Waals surface area contributed by atoms with Crippen LogP contribution in [-0.4, -0.2) is 33.2 Å². The van der Waals surface area contributed by atoms with Crippen LogP contribution < -0.4 is 11.5 Å². The molecule has 0 saturated carbocycles. The fourth-order valence-corrected chi connectivity index (χ4v) is 9.64. The highest BCUT2D eigenvalue weighted by Gasteiger charge is 2.21. The smallest absolute Gasteiger partial charge is 0.233 e. The normalized spacial score (nSPS) is 10.8. The number of carbonyl (C=O) groups excluding carboxylic acids is 2. The average Bonchev–Trinajstić information content (AvgIpc) is 3.38. The summed E-state index contributed by atoms with van der Waals surface area (Å²) in [5.41, 5.74) is 24.5. The molecule has 0 bridgehead atoms. The predicted molar refractivity (Wildman–Crippen MR) is 304 cm³/mol. The summed E-state index contributed by atoms with van der Waals surface area (Å²) in [6, 6.07) is 60.4. The molecule has 0 saturated heterocycles. The quantitative estimate of drug-likeness (QED) is 0.0514. The number of hydrogen-bond acceptors (Lipinski definition) is 7. The van der Waals surface area contributed by atoms with E-state index in [0.29, 0.717) is 22.5 Å². The van der Waals surface area contributed by atoms with Gasteiger partial charge in [-0.2, -0.15) is 0 Å². The van der Waals surface area contributed by atoms with Gasteiger partial charge in [0, 0.05) is 59.4 Å². The van der Waals surface area contributed by atoms with E-state index in [9.17, 15) is 9.59 Å². The lowest BCUT2D eigenvalue weighted by atomic mass is 9.96. The topological polar surface area (TPSA) is 132 Å². The number of hydrogen-bond donors (Lipinski definition) is 3. The fourth-order valence-electron chi connectivity index (χ4n) is 8.69. The van der Waals surface area contributed by atoms with E-state index in [1.807, 2.05) is 68.4 Å². The standard InChI is InChI=1S/C30H21BrN2.C16H13BrO2.C14H12N2.C2H6O/c1-18-11-13-20(14-12-18)27-28(22-16-15-21(31)17-19(22)2)33-30-26-10-6-4-8-24(26)23-7-3-5-9-25(23)29(30)32-27;1-10-3-5-12(6-4-10)15(18)16(19)14-8-7-13(17)9-11(14)2;15-13-11-7-3-1-5-9(11)10-6-2-4-8-12(10)14(13)16;1-2-3/h3-17H,1-2H3;3-9H,1-2H3;1-8H,15-16H2;3H,2H2,1H3. The Hall–Kier alpha value is -7.56. The van der Waals surface area contributed by atoms with E-state index in [1.54, 1.807) is 31.2 Å². The number of aryl methyl sites for hydroxylation is 4. The Balaban J connectivity index is 0.000000151. The van der Waals surface area contributed by atoms with Crippen LogP contribution in [0.3, 0.4) is 0 Å². The van der Waals surface area contributed by atoms with Gasteiger partial charge in [0.1, 0.15) is 0 Å². The first-order chi connectivity index (χ1) is 34.3. The van der Waals surface area contributed by atoms with Gasteiger partial charge in [-0.15, -0.1) is 0 Å². The third kappa shape index (κ3) is 10.6. The summed E-state index contributed by atoms with van der Waals surface area (Å²) in [7, 11) is 0. The number of halogens is 2. The van der Waals surface area contributed by atoms with Gasteiger partial charge < -0.3 is 16.6 Å². The molecule has 0 radical (unpaired) electrons. The van der Waals surface area contributed by atoms with Gasteiger partial charge in [-0.25, -0.2) is 9.97 Å². The van der Waals surface area contributed by atoms with Crippen LogP contribution in [-0.2, 0) is 0 Å². The summed E-state index contributed by atoms with van der Waals surface area (Å²) >= 11 is 6.94. The van der Waals surface area contributed by atoms with Crippen molar-refractivity contribution in [2.24, 2.45) is 0 Å². The Morgan fingerprint density at radius 3 is 1.30 bits per heavy atom. The van der Waals surface area contributed by atoms with Crippen LogP contribution >= 0.6 is 31.9 Å². The van der Waals surface area contributed by atoms with E-state index < -0.39 is 11.6 Å². The molecule has 0 spiro atoms. The third-order valence-corrected chi connectivity index (χ3v) is 13.3. The minimum atomic E-state index is -0.467. The van der Waals surface area contributed by atoms with Crippen molar-refractivity contribution in [1.29, 1.82) is 0 Å². The van der Waals surface area contributed by atoms with Crippen LogP contribution in [0, 0.1) is 27.7 Å². The minimum absolute atomic E-state index is 0.250. The van der Waals surface area contributed by atoms with Crippen molar-refractivity contribution in [3.8, 4) is 22.5 Å². The van der Waals surface area contributed by atoms with E-state index in [0.717, 1.165) is 91.5 Å². The first-order valence-electron chi connectivity index (χ1n) is 23.2. The molecule has 9 heteroatoms. The van der Waals surface area contributed by atoms with E-state index in [4.69, 9.17) is 26.5 Å². The maximum Gasteiger partial charge on any atom is 0.233 e. The van der Waals surface area contributed by atoms with Crippen molar-refractivity contribution >= 4 is 109 Å². The highest BCUT2D eigenvalue weighted by Crippen LogP contribution is 2.40. The van der Waals surface area contributed by atoms with Crippen molar-refractivity contribution in [1.82, 2.24) is 9.97 Å². The Bertz CT molecular complexity index is 3720. The summed E-state index contributed by atoms with van der Waals surface area (Å²) in [6.45, 7) is 9.92. The molecule has 0 atom stereocenters. The molecule has 0 aliphatic heterocycles. The number of Topliss-reactive ketones (excluding diaryl/α,β-unsaturated/α-hetero) is 2. The Labute approximate surface area is 430 Å². The van der Waals surface area contributed by atoms with Crippen molar-refractivity contribution in [3.05, 3.63) is 224 Å². The zero-order valence-electron chi connectivity index (χ0n) is 40.1. The second-order valence-electron chi connectivity index (χ2n) is 17.3. The first-order valence-corrected chi connectivity index (χ1v) is 24.8. The van der Waals surface area contributed by atoms with Crippen molar-refractivity contribution in [2.75, 3.05) is 18.1 Å². The first kappa shape index (κ1) is 49.8. The summed E-state index contributed by atoms with van der Waals surface area (Å²) in [4.78, 5) is 35.0. The molecule has 71 heavy (non-hydrogen) atoms. The van der Waals surface area contributed by atoms with E-state index in [-0.39, 0.29) is 6.61 Å². The van der Waals surface area contributed by atoms with Crippen LogP contribution in [0.25, 0.3) is 76.6 Å². The van der Waals surface area contributed by atoms with Crippen LogP contribution in [0.1, 0.15) is 49.9 Å². The van der Waals surface area contributed by atoms with Gasteiger partial charge in [0.15, 0.2) is 0 Å². The SMILES string of the molecule is CCO.Cc1ccc(-c2nc3c4ccccc4c4ccccc4c3nc2-c2ccc(Br)cc2C)cc1.Cc1ccc(C(=O)C(=O)c2ccc(Br)cc2C)cc1.Nc1c(N)c2ccccc2c2ccccc12. The van der Waals surface area contributed by atoms with Gasteiger partial charge in [0.05, 0.1) is 33.8 Å². The van der Waals surface area contributed by atoms with Crippen LogP contribution in [0.5, 0.6) is 0 Å². The second kappa shape index (κ2) is 22.0. The molecule has 352 valence electrons. The van der Waals surface area contributed by atoms with Gasteiger partial charge in [0.2, 0.25) is 11.6 Å². The van der Waals surface area contributed by atoms with E-state index >= 15 is 0 Å². The number of anilines is 2. The fraction of sp³-hybridized carbons (Fsp3) is 0.0968. The molecule has 7 nitrogen and oxygen atoms in total. The maximum absolute atomic E-state index is 12.2.